The van der Waals surface area contributed by atoms with Crippen molar-refractivity contribution in [1.29, 1.82) is 10.5 Å². The Morgan fingerprint density at radius 3 is 2.21 bits per heavy atom. The maximum atomic E-state index is 14.6. The molecular weight excluding hydrogens is 514 g/mol. The van der Waals surface area contributed by atoms with Gasteiger partial charge in [-0.1, -0.05) is 66.2 Å². The van der Waals surface area contributed by atoms with Gasteiger partial charge in [-0.3, -0.25) is 4.79 Å². The van der Waals surface area contributed by atoms with Crippen molar-refractivity contribution < 1.29 is 22.7 Å². The summed E-state index contributed by atoms with van der Waals surface area (Å²) in [5, 5.41) is 21.4. The van der Waals surface area contributed by atoms with Gasteiger partial charge in [0, 0.05) is 17.6 Å². The predicted molar refractivity (Wildman–Crippen MR) is 142 cm³/mol. The quantitative estimate of drug-likeness (QED) is 0.441. The van der Waals surface area contributed by atoms with Crippen LogP contribution in [0, 0.1) is 35.0 Å². The van der Waals surface area contributed by atoms with Gasteiger partial charge in [-0.05, 0) is 43.2 Å². The molecule has 1 heterocycles. The maximum Gasteiger partial charge on any atom is 0.334 e. The Hall–Kier alpha value is -4.73. The lowest BCUT2D eigenvalue weighted by Gasteiger charge is -2.34. The summed E-state index contributed by atoms with van der Waals surface area (Å²) in [6.07, 6.45) is -0.382. The molecule has 39 heavy (non-hydrogen) atoms. The molecule has 0 aromatic heterocycles. The molecule has 0 saturated carbocycles. The number of rotatable bonds is 5. The molecule has 0 fully saturated rings. The van der Waals surface area contributed by atoms with Gasteiger partial charge >= 0.3 is 5.97 Å². The molecular formula is C30H23N3O5S. The third kappa shape index (κ3) is 3.44. The summed E-state index contributed by atoms with van der Waals surface area (Å²) in [5.74, 6) is -1.74. The topological polar surface area (TPSA) is 128 Å². The molecule has 1 spiro atoms. The highest BCUT2D eigenvalue weighted by molar-refractivity contribution is 7.93. The fourth-order valence-electron chi connectivity index (χ4n) is 5.64. The predicted octanol–water partition coefficient (Wildman–Crippen LogP) is 4.42. The standard InChI is InChI=1S/C30H23N3O5S/c1-3-38-27(34)23-17-30(29(18-31,19-32)26(23)21-9-5-4-6-10-21)24-11-7-8-12-25(24)33(28(30)35)39(36,37)22-15-13-20(2)14-16-22/h4-16H,3,17H2,1-2H3/t30-/m0/s1. The van der Waals surface area contributed by atoms with Gasteiger partial charge in [-0.15, -0.1) is 0 Å². The van der Waals surface area contributed by atoms with E-state index in [-0.39, 0.29) is 40.3 Å². The zero-order valence-electron chi connectivity index (χ0n) is 21.2. The Morgan fingerprint density at radius 1 is 0.974 bits per heavy atom. The minimum atomic E-state index is -4.45. The van der Waals surface area contributed by atoms with E-state index < -0.39 is 32.7 Å². The Balaban J connectivity index is 1.83. The van der Waals surface area contributed by atoms with Crippen molar-refractivity contribution in [2.24, 2.45) is 5.41 Å². The molecule has 0 radical (unpaired) electrons. The van der Waals surface area contributed by atoms with E-state index >= 15 is 0 Å². The van der Waals surface area contributed by atoms with Gasteiger partial charge in [0.15, 0.2) is 5.41 Å². The van der Waals surface area contributed by atoms with Crippen molar-refractivity contribution in [3.8, 4) is 12.1 Å². The molecule has 194 valence electrons. The number of nitriles is 2. The maximum absolute atomic E-state index is 14.6. The number of carbonyl (C=O) groups is 2. The SMILES string of the molecule is CCOC(=O)C1=C(c2ccccc2)C(C#N)(C#N)[C@]2(C1)C(=O)N(S(=O)(=O)c1ccc(C)cc1)c1ccccc12. The fourth-order valence-corrected chi connectivity index (χ4v) is 7.12. The van der Waals surface area contributed by atoms with E-state index in [2.05, 4.69) is 12.1 Å². The summed E-state index contributed by atoms with van der Waals surface area (Å²) >= 11 is 0. The first kappa shape index (κ1) is 25.9. The van der Waals surface area contributed by atoms with Crippen molar-refractivity contribution >= 4 is 33.2 Å². The van der Waals surface area contributed by atoms with E-state index in [1.54, 1.807) is 61.5 Å². The van der Waals surface area contributed by atoms with Crippen molar-refractivity contribution in [2.45, 2.75) is 30.6 Å². The largest absolute Gasteiger partial charge is 0.463 e. The Bertz CT molecular complexity index is 1720. The van der Waals surface area contributed by atoms with Crippen LogP contribution in [-0.4, -0.2) is 26.9 Å². The van der Waals surface area contributed by atoms with Crippen molar-refractivity contribution in [1.82, 2.24) is 0 Å². The number of carbonyl (C=O) groups excluding carboxylic acids is 2. The highest BCUT2D eigenvalue weighted by atomic mass is 32.2. The van der Waals surface area contributed by atoms with Crippen LogP contribution < -0.4 is 4.31 Å². The normalized spacial score (nSPS) is 19.5. The van der Waals surface area contributed by atoms with E-state index in [4.69, 9.17) is 4.74 Å². The highest BCUT2D eigenvalue weighted by Crippen LogP contribution is 2.65. The summed E-state index contributed by atoms with van der Waals surface area (Å²) in [6, 6.07) is 24.8. The van der Waals surface area contributed by atoms with E-state index in [0.717, 1.165) is 5.56 Å². The molecule has 0 N–H and O–H groups in total. The molecule has 5 rings (SSSR count). The second-order valence-electron chi connectivity index (χ2n) is 9.40. The highest BCUT2D eigenvalue weighted by Gasteiger charge is 2.72. The summed E-state index contributed by atoms with van der Waals surface area (Å²) in [5.41, 5.74) is -2.77. The third-order valence-corrected chi connectivity index (χ3v) is 9.08. The molecule has 0 saturated heterocycles. The molecule has 2 aliphatic rings. The average molecular weight is 538 g/mol. The number of aryl methyl sites for hydroxylation is 1. The number of nitrogens with zero attached hydrogens (tertiary/aromatic N) is 3. The first-order chi connectivity index (χ1) is 18.7. The number of amides is 1. The van der Waals surface area contributed by atoms with E-state index in [1.165, 1.54) is 24.3 Å². The summed E-state index contributed by atoms with van der Waals surface area (Å²) in [6.45, 7) is 3.46. The lowest BCUT2D eigenvalue weighted by atomic mass is 9.60. The molecule has 0 bridgehead atoms. The average Bonchev–Trinajstić information content (AvgIpc) is 3.40. The first-order valence-electron chi connectivity index (χ1n) is 12.2. The molecule has 8 nitrogen and oxygen atoms in total. The van der Waals surface area contributed by atoms with Crippen LogP contribution in [-0.2, 0) is 29.8 Å². The van der Waals surface area contributed by atoms with Crippen LogP contribution in [0.25, 0.3) is 5.57 Å². The van der Waals surface area contributed by atoms with Crippen LogP contribution in [0.15, 0.2) is 89.3 Å². The fraction of sp³-hybridized carbons (Fsp3) is 0.200. The van der Waals surface area contributed by atoms with Crippen LogP contribution in [0.2, 0.25) is 0 Å². The smallest absolute Gasteiger partial charge is 0.334 e. The summed E-state index contributed by atoms with van der Waals surface area (Å²) < 4.78 is 33.9. The molecule has 1 amide bonds. The van der Waals surface area contributed by atoms with Crippen molar-refractivity contribution in [3.63, 3.8) is 0 Å². The Kier molecular flexibility index (Phi) is 6.13. The van der Waals surface area contributed by atoms with Gasteiger partial charge < -0.3 is 4.74 Å². The second-order valence-corrected chi connectivity index (χ2v) is 11.2. The summed E-state index contributed by atoms with van der Waals surface area (Å²) in [4.78, 5) is 27.8. The number of esters is 1. The molecule has 9 heteroatoms. The summed E-state index contributed by atoms with van der Waals surface area (Å²) in [7, 11) is -4.45. The number of hydrogen-bond acceptors (Lipinski definition) is 7. The van der Waals surface area contributed by atoms with Crippen LogP contribution >= 0.6 is 0 Å². The van der Waals surface area contributed by atoms with Gasteiger partial charge in [0.05, 0.1) is 29.3 Å². The number of hydrogen-bond donors (Lipinski definition) is 0. The number of sulfonamides is 1. The molecule has 0 unspecified atom stereocenters. The lowest BCUT2D eigenvalue weighted by Crippen LogP contribution is -2.51. The van der Waals surface area contributed by atoms with Gasteiger partial charge in [0.25, 0.3) is 15.9 Å². The Labute approximate surface area is 226 Å². The number of fused-ring (bicyclic) bond motifs is 2. The minimum absolute atomic E-state index is 0.0103. The van der Waals surface area contributed by atoms with Crippen LogP contribution in [0.1, 0.15) is 30.0 Å². The van der Waals surface area contributed by atoms with Crippen LogP contribution in [0.3, 0.4) is 0 Å². The molecule has 3 aromatic carbocycles. The van der Waals surface area contributed by atoms with E-state index in [9.17, 15) is 28.5 Å². The first-order valence-corrected chi connectivity index (χ1v) is 13.7. The van der Waals surface area contributed by atoms with Crippen molar-refractivity contribution in [3.05, 3.63) is 101 Å². The van der Waals surface area contributed by atoms with Crippen molar-refractivity contribution in [2.75, 3.05) is 10.9 Å². The molecule has 1 atom stereocenters. The van der Waals surface area contributed by atoms with Gasteiger partial charge in [0.2, 0.25) is 0 Å². The zero-order valence-corrected chi connectivity index (χ0v) is 22.0. The third-order valence-electron chi connectivity index (χ3n) is 7.37. The molecule has 3 aromatic rings. The number of anilines is 1. The number of ether oxygens (including phenoxy) is 1. The van der Waals surface area contributed by atoms with Gasteiger partial charge in [-0.25, -0.2) is 17.5 Å². The molecule has 1 aliphatic heterocycles. The van der Waals surface area contributed by atoms with E-state index in [1.807, 2.05) is 6.92 Å². The number of allylic oxidation sites excluding steroid dienone is 1. The minimum Gasteiger partial charge on any atom is -0.463 e. The van der Waals surface area contributed by atoms with Gasteiger partial charge in [0.1, 0.15) is 5.41 Å². The number of para-hydroxylation sites is 1. The Morgan fingerprint density at radius 2 is 1.59 bits per heavy atom. The van der Waals surface area contributed by atoms with Crippen LogP contribution in [0.4, 0.5) is 5.69 Å². The zero-order chi connectivity index (χ0) is 28.0. The monoisotopic (exact) mass is 537 g/mol. The number of benzene rings is 3. The van der Waals surface area contributed by atoms with E-state index in [0.29, 0.717) is 9.87 Å². The van der Waals surface area contributed by atoms with Crippen LogP contribution in [0.5, 0.6) is 0 Å². The van der Waals surface area contributed by atoms with Gasteiger partial charge in [-0.2, -0.15) is 10.5 Å². The lowest BCUT2D eigenvalue weighted by molar-refractivity contribution is -0.138. The second kappa shape index (κ2) is 9.23. The molecule has 1 aliphatic carbocycles.